The zero-order chi connectivity index (χ0) is 13.7. The Bertz CT molecular complexity index is 379. The van der Waals surface area contributed by atoms with Gasteiger partial charge in [0, 0.05) is 11.1 Å². The van der Waals surface area contributed by atoms with E-state index in [0.29, 0.717) is 23.3 Å². The predicted molar refractivity (Wildman–Crippen MR) is 76.3 cm³/mol. The lowest BCUT2D eigenvalue weighted by Crippen LogP contribution is -2.26. The maximum absolute atomic E-state index is 12.9. The van der Waals surface area contributed by atoms with Crippen molar-refractivity contribution in [3.8, 4) is 0 Å². The summed E-state index contributed by atoms with van der Waals surface area (Å²) in [6.07, 6.45) is 2.87. The van der Waals surface area contributed by atoms with Crippen molar-refractivity contribution in [2.24, 2.45) is 17.6 Å². The van der Waals surface area contributed by atoms with Gasteiger partial charge in [0.1, 0.15) is 5.82 Å². The second-order valence-corrected chi connectivity index (χ2v) is 6.08. The number of benzene rings is 1. The molecule has 2 unspecified atom stereocenters. The normalized spacial score (nSPS) is 14.8. The molecular formula is C15H23ClFN. The molecule has 0 bridgehead atoms. The molecule has 0 aliphatic rings. The Hall–Kier alpha value is -0.600. The SMILES string of the molecule is CC(C)CC(C)CC(N)Cc1ccc(F)cc1Cl. The van der Waals surface area contributed by atoms with E-state index >= 15 is 0 Å². The van der Waals surface area contributed by atoms with Crippen LogP contribution in [0.1, 0.15) is 39.2 Å². The summed E-state index contributed by atoms with van der Waals surface area (Å²) in [4.78, 5) is 0. The zero-order valence-electron chi connectivity index (χ0n) is 11.4. The van der Waals surface area contributed by atoms with Gasteiger partial charge in [0.2, 0.25) is 0 Å². The van der Waals surface area contributed by atoms with E-state index in [2.05, 4.69) is 20.8 Å². The lowest BCUT2D eigenvalue weighted by atomic mass is 9.91. The molecule has 0 amide bonds. The number of hydrogen-bond donors (Lipinski definition) is 1. The van der Waals surface area contributed by atoms with Crippen molar-refractivity contribution >= 4 is 11.6 Å². The van der Waals surface area contributed by atoms with Gasteiger partial charge in [-0.1, -0.05) is 38.4 Å². The third kappa shape index (κ3) is 5.36. The second-order valence-electron chi connectivity index (χ2n) is 5.67. The van der Waals surface area contributed by atoms with Gasteiger partial charge in [-0.25, -0.2) is 4.39 Å². The molecule has 0 saturated heterocycles. The summed E-state index contributed by atoms with van der Waals surface area (Å²) < 4.78 is 12.9. The third-order valence-electron chi connectivity index (χ3n) is 3.08. The van der Waals surface area contributed by atoms with E-state index in [1.807, 2.05) is 0 Å². The van der Waals surface area contributed by atoms with Crippen molar-refractivity contribution in [3.05, 3.63) is 34.6 Å². The third-order valence-corrected chi connectivity index (χ3v) is 3.43. The Morgan fingerprint density at radius 2 is 1.89 bits per heavy atom. The van der Waals surface area contributed by atoms with Crippen LogP contribution in [0.25, 0.3) is 0 Å². The molecule has 0 saturated carbocycles. The van der Waals surface area contributed by atoms with Crippen LogP contribution in [-0.4, -0.2) is 6.04 Å². The van der Waals surface area contributed by atoms with E-state index < -0.39 is 0 Å². The van der Waals surface area contributed by atoms with Crippen LogP contribution in [0.5, 0.6) is 0 Å². The molecule has 102 valence electrons. The molecule has 0 spiro atoms. The number of nitrogens with two attached hydrogens (primary N) is 1. The van der Waals surface area contributed by atoms with Crippen LogP contribution in [0.15, 0.2) is 18.2 Å². The first-order chi connectivity index (χ1) is 8.38. The minimum atomic E-state index is -0.300. The molecule has 1 aromatic carbocycles. The fraction of sp³-hybridized carbons (Fsp3) is 0.600. The first kappa shape index (κ1) is 15.5. The summed E-state index contributed by atoms with van der Waals surface area (Å²) in [6, 6.07) is 4.60. The van der Waals surface area contributed by atoms with Crippen LogP contribution in [0.2, 0.25) is 5.02 Å². The Labute approximate surface area is 115 Å². The van der Waals surface area contributed by atoms with Crippen molar-refractivity contribution in [3.63, 3.8) is 0 Å². The molecule has 0 heterocycles. The van der Waals surface area contributed by atoms with Crippen LogP contribution < -0.4 is 5.73 Å². The number of rotatable bonds is 6. The van der Waals surface area contributed by atoms with Gasteiger partial charge in [-0.15, -0.1) is 0 Å². The van der Waals surface area contributed by atoms with Gasteiger partial charge in [0.05, 0.1) is 0 Å². The van der Waals surface area contributed by atoms with Crippen molar-refractivity contribution < 1.29 is 4.39 Å². The molecule has 1 rings (SSSR count). The van der Waals surface area contributed by atoms with Crippen LogP contribution in [0.4, 0.5) is 4.39 Å². The van der Waals surface area contributed by atoms with E-state index in [0.717, 1.165) is 12.0 Å². The molecule has 2 N–H and O–H groups in total. The van der Waals surface area contributed by atoms with Crippen LogP contribution in [0, 0.1) is 17.7 Å². The maximum atomic E-state index is 12.9. The highest BCUT2D eigenvalue weighted by Crippen LogP contribution is 2.21. The molecule has 1 aromatic rings. The molecule has 1 nitrogen and oxygen atoms in total. The van der Waals surface area contributed by atoms with Crippen molar-refractivity contribution in [2.45, 2.75) is 46.1 Å². The van der Waals surface area contributed by atoms with Gasteiger partial charge in [-0.3, -0.25) is 0 Å². The molecule has 2 atom stereocenters. The summed E-state index contributed by atoms with van der Waals surface area (Å²) in [6.45, 7) is 6.67. The molecule has 0 aliphatic heterocycles. The Morgan fingerprint density at radius 1 is 1.22 bits per heavy atom. The second kappa shape index (κ2) is 7.10. The summed E-state index contributed by atoms with van der Waals surface area (Å²) >= 11 is 6.00. The fourth-order valence-electron chi connectivity index (χ4n) is 2.47. The van der Waals surface area contributed by atoms with Gasteiger partial charge < -0.3 is 5.73 Å². The highest BCUT2D eigenvalue weighted by atomic mass is 35.5. The largest absolute Gasteiger partial charge is 0.327 e. The Morgan fingerprint density at radius 3 is 2.44 bits per heavy atom. The van der Waals surface area contributed by atoms with E-state index in [1.165, 1.54) is 18.6 Å². The molecule has 3 heteroatoms. The fourth-order valence-corrected chi connectivity index (χ4v) is 2.72. The van der Waals surface area contributed by atoms with Crippen LogP contribution >= 0.6 is 11.6 Å². The smallest absolute Gasteiger partial charge is 0.124 e. The van der Waals surface area contributed by atoms with Gasteiger partial charge in [0.15, 0.2) is 0 Å². The minimum absolute atomic E-state index is 0.0849. The van der Waals surface area contributed by atoms with E-state index in [9.17, 15) is 4.39 Å². The first-order valence-electron chi connectivity index (χ1n) is 6.58. The van der Waals surface area contributed by atoms with Gasteiger partial charge in [0.25, 0.3) is 0 Å². The minimum Gasteiger partial charge on any atom is -0.327 e. The maximum Gasteiger partial charge on any atom is 0.124 e. The summed E-state index contributed by atoms with van der Waals surface area (Å²) in [5, 5.41) is 0.474. The average molecular weight is 272 g/mol. The van der Waals surface area contributed by atoms with Crippen LogP contribution in [-0.2, 0) is 6.42 Å². The monoisotopic (exact) mass is 271 g/mol. The topological polar surface area (TPSA) is 26.0 Å². The van der Waals surface area contributed by atoms with Crippen molar-refractivity contribution in [1.82, 2.24) is 0 Å². The lowest BCUT2D eigenvalue weighted by molar-refractivity contribution is 0.383. The Balaban J connectivity index is 2.51. The van der Waals surface area contributed by atoms with E-state index in [1.54, 1.807) is 6.07 Å². The Kier molecular flexibility index (Phi) is 6.10. The van der Waals surface area contributed by atoms with Gasteiger partial charge in [-0.05, 0) is 48.8 Å². The van der Waals surface area contributed by atoms with Gasteiger partial charge in [-0.2, -0.15) is 0 Å². The van der Waals surface area contributed by atoms with Crippen molar-refractivity contribution in [1.29, 1.82) is 0 Å². The number of hydrogen-bond acceptors (Lipinski definition) is 1. The molecular weight excluding hydrogens is 249 g/mol. The highest BCUT2D eigenvalue weighted by molar-refractivity contribution is 6.31. The quantitative estimate of drug-likeness (QED) is 0.814. The first-order valence-corrected chi connectivity index (χ1v) is 6.95. The summed E-state index contributed by atoms with van der Waals surface area (Å²) in [5.74, 6) is 1.01. The standard InChI is InChI=1S/C15H23ClFN/c1-10(2)6-11(3)7-14(18)8-12-4-5-13(17)9-15(12)16/h4-5,9-11,14H,6-8,18H2,1-3H3. The lowest BCUT2D eigenvalue weighted by Gasteiger charge is -2.19. The average Bonchev–Trinajstić information content (AvgIpc) is 2.20. The van der Waals surface area contributed by atoms with E-state index in [4.69, 9.17) is 17.3 Å². The molecule has 0 aliphatic carbocycles. The van der Waals surface area contributed by atoms with E-state index in [-0.39, 0.29) is 11.9 Å². The summed E-state index contributed by atoms with van der Waals surface area (Å²) in [5.41, 5.74) is 7.07. The van der Waals surface area contributed by atoms with Crippen molar-refractivity contribution in [2.75, 3.05) is 0 Å². The van der Waals surface area contributed by atoms with Crippen LogP contribution in [0.3, 0.4) is 0 Å². The van der Waals surface area contributed by atoms with Gasteiger partial charge >= 0.3 is 0 Å². The summed E-state index contributed by atoms with van der Waals surface area (Å²) in [7, 11) is 0. The highest BCUT2D eigenvalue weighted by Gasteiger charge is 2.13. The molecule has 0 radical (unpaired) electrons. The zero-order valence-corrected chi connectivity index (χ0v) is 12.2. The predicted octanol–water partition coefficient (Wildman–Crippen LogP) is 4.42. The molecule has 18 heavy (non-hydrogen) atoms. The number of halogens is 2. The molecule has 0 fully saturated rings. The molecule has 0 aromatic heterocycles.